The van der Waals surface area contributed by atoms with Gasteiger partial charge in [-0.3, -0.25) is 9.78 Å². The fourth-order valence-electron chi connectivity index (χ4n) is 4.69. The number of hydrogen-bond acceptors (Lipinski definition) is 5. The van der Waals surface area contributed by atoms with Crippen molar-refractivity contribution in [3.8, 4) is 0 Å². The second kappa shape index (κ2) is 8.96. The Bertz CT molecular complexity index is 1080. The first-order valence-electron chi connectivity index (χ1n) is 10.9. The lowest BCUT2D eigenvalue weighted by atomic mass is 9.99. The third-order valence-corrected chi connectivity index (χ3v) is 8.15. The maximum absolute atomic E-state index is 13.9. The molecule has 0 bridgehead atoms. The van der Waals surface area contributed by atoms with Crippen molar-refractivity contribution in [3.05, 3.63) is 59.4 Å². The van der Waals surface area contributed by atoms with Crippen LogP contribution in [0.25, 0.3) is 0 Å². The normalized spacial score (nSPS) is 19.6. The Kier molecular flexibility index (Phi) is 6.39. The molecule has 0 spiro atoms. The summed E-state index contributed by atoms with van der Waals surface area (Å²) in [5, 5.41) is 3.32. The van der Waals surface area contributed by atoms with Crippen LogP contribution in [0.1, 0.15) is 35.7 Å². The zero-order valence-electron chi connectivity index (χ0n) is 18.2. The molecule has 2 aromatic rings. The third-order valence-electron chi connectivity index (χ3n) is 6.44. The SMILES string of the molecule is CN(C(=O)C1CCS(=O)(=O)CC1)[C@@H](c1ccc(NC2Cc3ccccc3C2)cn1)C(F)(F)F. The van der Waals surface area contributed by atoms with Crippen molar-refractivity contribution in [2.45, 2.75) is 43.9 Å². The van der Waals surface area contributed by atoms with E-state index in [1.165, 1.54) is 23.4 Å². The summed E-state index contributed by atoms with van der Waals surface area (Å²) in [6.45, 7) is 0. The second-order valence-electron chi connectivity index (χ2n) is 8.81. The van der Waals surface area contributed by atoms with Crippen molar-refractivity contribution in [2.24, 2.45) is 5.92 Å². The van der Waals surface area contributed by atoms with E-state index in [2.05, 4.69) is 22.4 Å². The van der Waals surface area contributed by atoms with E-state index in [-0.39, 0.29) is 36.1 Å². The Labute approximate surface area is 191 Å². The summed E-state index contributed by atoms with van der Waals surface area (Å²) in [4.78, 5) is 17.5. The number of nitrogens with one attached hydrogen (secondary N) is 1. The molecule has 178 valence electrons. The van der Waals surface area contributed by atoms with Crippen LogP contribution in [0.15, 0.2) is 42.6 Å². The summed E-state index contributed by atoms with van der Waals surface area (Å²) in [6.07, 6.45) is -1.62. The average molecular weight is 482 g/mol. The van der Waals surface area contributed by atoms with E-state index in [0.29, 0.717) is 10.6 Å². The highest BCUT2D eigenvalue weighted by molar-refractivity contribution is 7.91. The van der Waals surface area contributed by atoms with Gasteiger partial charge in [0.2, 0.25) is 5.91 Å². The summed E-state index contributed by atoms with van der Waals surface area (Å²) in [6, 6.07) is 8.89. The number of hydrogen-bond donors (Lipinski definition) is 1. The van der Waals surface area contributed by atoms with Crippen molar-refractivity contribution < 1.29 is 26.4 Å². The standard InChI is InChI=1S/C23H26F3N3O3S/c1-29(22(30)15-8-10-33(31,32)11-9-15)21(23(24,25)26)20-7-6-18(14-27-20)28-19-12-16-4-2-3-5-17(16)13-19/h2-7,14-15,19,21,28H,8-13H2,1H3/t21-/m0/s1. The van der Waals surface area contributed by atoms with Crippen LogP contribution in [-0.4, -0.2) is 55.0 Å². The molecule has 1 amide bonds. The molecule has 33 heavy (non-hydrogen) atoms. The summed E-state index contributed by atoms with van der Waals surface area (Å²) < 4.78 is 65.0. The van der Waals surface area contributed by atoms with Crippen molar-refractivity contribution in [1.29, 1.82) is 0 Å². The van der Waals surface area contributed by atoms with Crippen molar-refractivity contribution >= 4 is 21.4 Å². The molecule has 1 aromatic heterocycles. The molecule has 1 fully saturated rings. The van der Waals surface area contributed by atoms with Gasteiger partial charge in [-0.2, -0.15) is 13.2 Å². The zero-order chi connectivity index (χ0) is 23.8. The number of sulfone groups is 1. The monoisotopic (exact) mass is 481 g/mol. The Morgan fingerprint density at radius 2 is 1.70 bits per heavy atom. The molecule has 2 aliphatic rings. The molecule has 10 heteroatoms. The van der Waals surface area contributed by atoms with Gasteiger partial charge in [-0.15, -0.1) is 0 Å². The highest BCUT2D eigenvalue weighted by Crippen LogP contribution is 2.38. The van der Waals surface area contributed by atoms with Crippen LogP contribution in [0.2, 0.25) is 0 Å². The van der Waals surface area contributed by atoms with Crippen LogP contribution in [-0.2, 0) is 27.5 Å². The van der Waals surface area contributed by atoms with Gasteiger partial charge in [0, 0.05) is 19.0 Å². The molecular formula is C23H26F3N3O3S. The number of halogens is 3. The van der Waals surface area contributed by atoms with Gasteiger partial charge in [0.15, 0.2) is 6.04 Å². The lowest BCUT2D eigenvalue weighted by molar-refractivity contribution is -0.191. The summed E-state index contributed by atoms with van der Waals surface area (Å²) in [7, 11) is -2.12. The zero-order valence-corrected chi connectivity index (χ0v) is 19.0. The molecule has 4 rings (SSSR count). The number of carbonyl (C=O) groups excluding carboxylic acids is 1. The molecule has 1 aromatic carbocycles. The number of anilines is 1. The third kappa shape index (κ3) is 5.31. The number of aromatic nitrogens is 1. The minimum Gasteiger partial charge on any atom is -0.380 e. The fourth-order valence-corrected chi connectivity index (χ4v) is 6.18. The summed E-state index contributed by atoms with van der Waals surface area (Å²) in [5.41, 5.74) is 2.85. The van der Waals surface area contributed by atoms with Crippen LogP contribution < -0.4 is 5.32 Å². The molecule has 1 atom stereocenters. The van der Waals surface area contributed by atoms with Crippen LogP contribution >= 0.6 is 0 Å². The van der Waals surface area contributed by atoms with Gasteiger partial charge in [-0.25, -0.2) is 8.42 Å². The van der Waals surface area contributed by atoms with Gasteiger partial charge in [-0.1, -0.05) is 24.3 Å². The Morgan fingerprint density at radius 1 is 1.09 bits per heavy atom. The van der Waals surface area contributed by atoms with E-state index in [4.69, 9.17) is 0 Å². The predicted octanol–water partition coefficient (Wildman–Crippen LogP) is 3.55. The quantitative estimate of drug-likeness (QED) is 0.707. The maximum Gasteiger partial charge on any atom is 0.414 e. The number of nitrogens with zero attached hydrogens (tertiary/aromatic N) is 2. The van der Waals surface area contributed by atoms with E-state index in [1.54, 1.807) is 6.07 Å². The first kappa shape index (κ1) is 23.5. The van der Waals surface area contributed by atoms with Gasteiger partial charge in [0.1, 0.15) is 9.84 Å². The second-order valence-corrected chi connectivity index (χ2v) is 11.1. The molecule has 0 radical (unpaired) electrons. The van der Waals surface area contributed by atoms with Gasteiger partial charge >= 0.3 is 6.18 Å². The minimum atomic E-state index is -4.72. The highest BCUT2D eigenvalue weighted by Gasteiger charge is 2.47. The fraction of sp³-hybridized carbons (Fsp3) is 0.478. The first-order valence-corrected chi connectivity index (χ1v) is 12.7. The maximum atomic E-state index is 13.9. The number of alkyl halides is 3. The topological polar surface area (TPSA) is 79.4 Å². The van der Waals surface area contributed by atoms with Crippen LogP contribution in [0.3, 0.4) is 0 Å². The smallest absolute Gasteiger partial charge is 0.380 e. The van der Waals surface area contributed by atoms with E-state index in [9.17, 15) is 26.4 Å². The van der Waals surface area contributed by atoms with Gasteiger partial charge in [0.05, 0.1) is 29.1 Å². The van der Waals surface area contributed by atoms with Gasteiger partial charge in [-0.05, 0) is 48.9 Å². The summed E-state index contributed by atoms with van der Waals surface area (Å²) >= 11 is 0. The first-order chi connectivity index (χ1) is 15.5. The van der Waals surface area contributed by atoms with Crippen molar-refractivity contribution in [1.82, 2.24) is 9.88 Å². The minimum absolute atomic E-state index is 0.0378. The van der Waals surface area contributed by atoms with Crippen molar-refractivity contribution in [3.63, 3.8) is 0 Å². The number of fused-ring (bicyclic) bond motifs is 1. The molecule has 0 saturated carbocycles. The van der Waals surface area contributed by atoms with E-state index < -0.39 is 33.9 Å². The van der Waals surface area contributed by atoms with Crippen molar-refractivity contribution in [2.75, 3.05) is 23.9 Å². The molecule has 0 unspecified atom stereocenters. The lowest BCUT2D eigenvalue weighted by Crippen LogP contribution is -2.44. The Balaban J connectivity index is 1.46. The molecular weight excluding hydrogens is 455 g/mol. The molecule has 1 aliphatic carbocycles. The molecule has 1 aliphatic heterocycles. The van der Waals surface area contributed by atoms with Crippen LogP contribution in [0.4, 0.5) is 18.9 Å². The summed E-state index contributed by atoms with van der Waals surface area (Å²) in [5.74, 6) is -1.82. The number of amides is 1. The van der Waals surface area contributed by atoms with Crippen LogP contribution in [0.5, 0.6) is 0 Å². The van der Waals surface area contributed by atoms with E-state index in [0.717, 1.165) is 19.9 Å². The van der Waals surface area contributed by atoms with Gasteiger partial charge < -0.3 is 10.2 Å². The number of rotatable bonds is 5. The molecule has 1 N–H and O–H groups in total. The molecule has 1 saturated heterocycles. The average Bonchev–Trinajstić information content (AvgIpc) is 3.16. The lowest BCUT2D eigenvalue weighted by Gasteiger charge is -2.33. The number of carbonyl (C=O) groups is 1. The number of pyridine rings is 1. The largest absolute Gasteiger partial charge is 0.414 e. The Hall–Kier alpha value is -2.62. The van der Waals surface area contributed by atoms with E-state index in [1.807, 2.05) is 12.1 Å². The highest BCUT2D eigenvalue weighted by atomic mass is 32.2. The molecule has 6 nitrogen and oxygen atoms in total. The predicted molar refractivity (Wildman–Crippen MR) is 118 cm³/mol. The Morgan fingerprint density at radius 3 is 2.21 bits per heavy atom. The van der Waals surface area contributed by atoms with E-state index >= 15 is 0 Å². The van der Waals surface area contributed by atoms with Crippen LogP contribution in [0, 0.1) is 5.92 Å². The molecule has 2 heterocycles. The van der Waals surface area contributed by atoms with Gasteiger partial charge in [0.25, 0.3) is 0 Å². The number of benzene rings is 1.